The summed E-state index contributed by atoms with van der Waals surface area (Å²) in [6, 6.07) is 8.82. The van der Waals surface area contributed by atoms with Crippen LogP contribution in [0.25, 0.3) is 0 Å². The fourth-order valence-electron chi connectivity index (χ4n) is 2.51. The molecule has 0 bridgehead atoms. The summed E-state index contributed by atoms with van der Waals surface area (Å²) >= 11 is 0. The van der Waals surface area contributed by atoms with Gasteiger partial charge in [0.25, 0.3) is 0 Å². The Morgan fingerprint density at radius 1 is 1.25 bits per heavy atom. The van der Waals surface area contributed by atoms with Crippen molar-refractivity contribution in [3.63, 3.8) is 0 Å². The van der Waals surface area contributed by atoms with Crippen LogP contribution in [0.4, 0.5) is 4.39 Å². The van der Waals surface area contributed by atoms with Gasteiger partial charge in [-0.1, -0.05) is 32.0 Å². The molecule has 5 nitrogen and oxygen atoms in total. The lowest BCUT2D eigenvalue weighted by Crippen LogP contribution is -2.44. The first-order valence-corrected chi connectivity index (χ1v) is 8.20. The maximum absolute atomic E-state index is 14.0. The molecule has 2 rings (SSSR count). The number of aliphatic imine (C=N–C) groups is 1. The van der Waals surface area contributed by atoms with Crippen molar-refractivity contribution >= 4 is 5.96 Å². The number of aryl methyl sites for hydroxylation is 1. The molecule has 0 unspecified atom stereocenters. The molecule has 0 atom stereocenters. The zero-order valence-corrected chi connectivity index (χ0v) is 14.6. The van der Waals surface area contributed by atoms with Gasteiger partial charge in [-0.15, -0.1) is 0 Å². The lowest BCUT2D eigenvalue weighted by Gasteiger charge is -2.27. The van der Waals surface area contributed by atoms with Crippen LogP contribution in [-0.4, -0.2) is 35.9 Å². The summed E-state index contributed by atoms with van der Waals surface area (Å²) in [5, 5.41) is 10.7. The Hall–Kier alpha value is -2.37. The third kappa shape index (κ3) is 5.08. The maximum Gasteiger partial charge on any atom is 0.191 e. The number of nitrogens with one attached hydrogen (secondary N) is 2. The minimum Gasteiger partial charge on any atom is -0.356 e. The van der Waals surface area contributed by atoms with Crippen LogP contribution in [0.15, 0.2) is 47.7 Å². The number of nitrogens with zero attached hydrogens (tertiary/aromatic N) is 3. The average molecular weight is 331 g/mol. The average Bonchev–Trinajstić information content (AvgIpc) is 3.08. The number of hydrogen-bond acceptors (Lipinski definition) is 2. The zero-order chi connectivity index (χ0) is 17.4. The van der Waals surface area contributed by atoms with Crippen molar-refractivity contribution in [2.75, 3.05) is 20.1 Å². The highest BCUT2D eigenvalue weighted by atomic mass is 19.1. The number of hydrogen-bond donors (Lipinski definition) is 2. The predicted octanol–water partition coefficient (Wildman–Crippen LogP) is 2.56. The quantitative estimate of drug-likeness (QED) is 0.466. The number of halogens is 1. The molecule has 0 saturated carbocycles. The van der Waals surface area contributed by atoms with E-state index in [1.807, 2.05) is 42.9 Å². The first kappa shape index (κ1) is 18.0. The molecule has 130 valence electrons. The van der Waals surface area contributed by atoms with E-state index in [4.69, 9.17) is 0 Å². The monoisotopic (exact) mass is 331 g/mol. The topological polar surface area (TPSA) is 54.2 Å². The molecule has 2 N–H and O–H groups in total. The van der Waals surface area contributed by atoms with E-state index in [0.717, 1.165) is 25.5 Å². The van der Waals surface area contributed by atoms with E-state index < -0.39 is 0 Å². The van der Waals surface area contributed by atoms with Crippen LogP contribution in [0, 0.1) is 5.82 Å². The Morgan fingerprint density at radius 2 is 2.04 bits per heavy atom. The van der Waals surface area contributed by atoms with Gasteiger partial charge in [0.15, 0.2) is 5.96 Å². The summed E-state index contributed by atoms with van der Waals surface area (Å²) in [7, 11) is 1.74. The van der Waals surface area contributed by atoms with Gasteiger partial charge in [0.05, 0.1) is 0 Å². The highest BCUT2D eigenvalue weighted by Crippen LogP contribution is 2.24. The van der Waals surface area contributed by atoms with Crippen LogP contribution < -0.4 is 10.6 Å². The SMILES string of the molecule is CN=C(NCCCn1cccn1)NCC(C)(C)c1ccccc1F. The van der Waals surface area contributed by atoms with E-state index in [-0.39, 0.29) is 11.2 Å². The molecule has 6 heteroatoms. The summed E-state index contributed by atoms with van der Waals surface area (Å²) in [4.78, 5) is 4.22. The molecular formula is C18H26FN5. The summed E-state index contributed by atoms with van der Waals surface area (Å²) in [5.74, 6) is 0.548. The Kier molecular flexibility index (Phi) is 6.35. The van der Waals surface area contributed by atoms with E-state index >= 15 is 0 Å². The smallest absolute Gasteiger partial charge is 0.191 e. The number of aromatic nitrogens is 2. The molecule has 1 aromatic heterocycles. The molecule has 0 aliphatic heterocycles. The van der Waals surface area contributed by atoms with Crippen molar-refractivity contribution in [2.45, 2.75) is 32.2 Å². The second-order valence-corrected chi connectivity index (χ2v) is 6.34. The Bertz CT molecular complexity index is 649. The lowest BCUT2D eigenvalue weighted by molar-refractivity contribution is 0.472. The molecule has 0 spiro atoms. The van der Waals surface area contributed by atoms with Crippen molar-refractivity contribution in [3.05, 3.63) is 54.1 Å². The summed E-state index contributed by atoms with van der Waals surface area (Å²) in [5.41, 5.74) is 0.365. The maximum atomic E-state index is 14.0. The molecule has 0 radical (unpaired) electrons. The molecule has 0 amide bonds. The third-order valence-corrected chi connectivity index (χ3v) is 3.94. The van der Waals surface area contributed by atoms with Crippen molar-refractivity contribution in [2.24, 2.45) is 4.99 Å². The highest BCUT2D eigenvalue weighted by molar-refractivity contribution is 5.79. The summed E-state index contributed by atoms with van der Waals surface area (Å²) in [6.45, 7) is 6.27. The van der Waals surface area contributed by atoms with Crippen LogP contribution in [0.5, 0.6) is 0 Å². The van der Waals surface area contributed by atoms with E-state index in [0.29, 0.717) is 12.1 Å². The minimum atomic E-state index is -0.335. The number of guanidine groups is 1. The predicted molar refractivity (Wildman–Crippen MR) is 95.6 cm³/mol. The van der Waals surface area contributed by atoms with Crippen LogP contribution in [0.1, 0.15) is 25.8 Å². The normalized spacial score (nSPS) is 12.2. The van der Waals surface area contributed by atoms with E-state index in [1.165, 1.54) is 6.07 Å². The van der Waals surface area contributed by atoms with Crippen molar-refractivity contribution in [1.82, 2.24) is 20.4 Å². The molecule has 1 aromatic carbocycles. The molecule has 0 aliphatic carbocycles. The van der Waals surface area contributed by atoms with Gasteiger partial charge < -0.3 is 10.6 Å². The molecular weight excluding hydrogens is 305 g/mol. The minimum absolute atomic E-state index is 0.175. The van der Waals surface area contributed by atoms with Crippen LogP contribution in [0.2, 0.25) is 0 Å². The van der Waals surface area contributed by atoms with E-state index in [1.54, 1.807) is 19.3 Å². The van der Waals surface area contributed by atoms with E-state index in [2.05, 4.69) is 20.7 Å². The second-order valence-electron chi connectivity index (χ2n) is 6.34. The van der Waals surface area contributed by atoms with Gasteiger partial charge in [-0.2, -0.15) is 5.10 Å². The Balaban J connectivity index is 1.79. The summed E-state index contributed by atoms with van der Waals surface area (Å²) < 4.78 is 15.9. The fraction of sp³-hybridized carbons (Fsp3) is 0.444. The first-order chi connectivity index (χ1) is 11.5. The Labute approximate surface area is 143 Å². The molecule has 1 heterocycles. The van der Waals surface area contributed by atoms with Gasteiger partial charge in [0, 0.05) is 44.5 Å². The highest BCUT2D eigenvalue weighted by Gasteiger charge is 2.24. The number of benzene rings is 1. The number of rotatable bonds is 7. The largest absolute Gasteiger partial charge is 0.356 e. The van der Waals surface area contributed by atoms with Crippen molar-refractivity contribution < 1.29 is 4.39 Å². The van der Waals surface area contributed by atoms with E-state index in [9.17, 15) is 4.39 Å². The van der Waals surface area contributed by atoms with Gasteiger partial charge in [-0.25, -0.2) is 4.39 Å². The molecule has 0 saturated heterocycles. The molecule has 24 heavy (non-hydrogen) atoms. The fourth-order valence-corrected chi connectivity index (χ4v) is 2.51. The van der Waals surface area contributed by atoms with Crippen molar-refractivity contribution in [3.8, 4) is 0 Å². The molecule has 0 fully saturated rings. The zero-order valence-electron chi connectivity index (χ0n) is 14.6. The van der Waals surface area contributed by atoms with Gasteiger partial charge >= 0.3 is 0 Å². The van der Waals surface area contributed by atoms with Gasteiger partial charge in [-0.3, -0.25) is 9.67 Å². The van der Waals surface area contributed by atoms with Crippen LogP contribution >= 0.6 is 0 Å². The first-order valence-electron chi connectivity index (χ1n) is 8.20. The Morgan fingerprint density at radius 3 is 2.71 bits per heavy atom. The third-order valence-electron chi connectivity index (χ3n) is 3.94. The molecule has 0 aliphatic rings. The van der Waals surface area contributed by atoms with Crippen LogP contribution in [0.3, 0.4) is 0 Å². The van der Waals surface area contributed by atoms with Gasteiger partial charge in [0.1, 0.15) is 5.82 Å². The van der Waals surface area contributed by atoms with Gasteiger partial charge in [0.2, 0.25) is 0 Å². The van der Waals surface area contributed by atoms with Crippen molar-refractivity contribution in [1.29, 1.82) is 0 Å². The second kappa shape index (κ2) is 8.47. The summed E-state index contributed by atoms with van der Waals surface area (Å²) in [6.07, 6.45) is 4.67. The lowest BCUT2D eigenvalue weighted by atomic mass is 9.84. The standard InChI is InChI=1S/C18H26FN5/c1-18(2,15-8-4-5-9-16(15)19)14-22-17(20-3)21-10-6-12-24-13-7-11-23-24/h4-5,7-9,11,13H,6,10,12,14H2,1-3H3,(H2,20,21,22). The molecule has 2 aromatic rings. The van der Waals surface area contributed by atoms with Crippen LogP contribution in [-0.2, 0) is 12.0 Å². The van der Waals surface area contributed by atoms with Gasteiger partial charge in [-0.05, 0) is 24.1 Å².